The summed E-state index contributed by atoms with van der Waals surface area (Å²) in [6, 6.07) is 5.16. The minimum absolute atomic E-state index is 0.0670. The van der Waals surface area contributed by atoms with Crippen LogP contribution < -0.4 is 10.6 Å². The van der Waals surface area contributed by atoms with E-state index in [9.17, 15) is 19.2 Å². The summed E-state index contributed by atoms with van der Waals surface area (Å²) >= 11 is 0. The topological polar surface area (TPSA) is 110 Å². The Morgan fingerprint density at radius 3 is 2.25 bits per heavy atom. The molecule has 2 N–H and O–H groups in total. The zero-order valence-corrected chi connectivity index (χ0v) is 19.1. The van der Waals surface area contributed by atoms with Crippen molar-refractivity contribution >= 4 is 29.3 Å². The minimum Gasteiger partial charge on any atom is -0.376 e. The molecule has 0 spiro atoms. The summed E-state index contributed by atoms with van der Waals surface area (Å²) in [5, 5.41) is 0. The molecular formula is C24H31N3O5. The maximum Gasteiger partial charge on any atom is 0.257 e. The molecule has 3 fully saturated rings. The number of amides is 4. The summed E-state index contributed by atoms with van der Waals surface area (Å²) in [6.07, 6.45) is 1.55. The monoisotopic (exact) mass is 441 g/mol. The van der Waals surface area contributed by atoms with E-state index in [4.69, 9.17) is 10.5 Å². The smallest absolute Gasteiger partial charge is 0.257 e. The first-order chi connectivity index (χ1) is 15.0. The number of hydrogen-bond acceptors (Lipinski definition) is 5. The third-order valence-electron chi connectivity index (χ3n) is 7.88. The van der Waals surface area contributed by atoms with Gasteiger partial charge in [-0.2, -0.15) is 0 Å². The van der Waals surface area contributed by atoms with Crippen molar-refractivity contribution in [3.05, 3.63) is 29.8 Å². The van der Waals surface area contributed by atoms with Gasteiger partial charge in [-0.05, 0) is 47.9 Å². The highest BCUT2D eigenvalue weighted by Crippen LogP contribution is 2.69. The quantitative estimate of drug-likeness (QED) is 0.680. The molecule has 2 saturated heterocycles. The molecule has 3 aliphatic rings. The molecule has 8 heteroatoms. The van der Waals surface area contributed by atoms with Crippen molar-refractivity contribution in [1.29, 1.82) is 0 Å². The predicted molar refractivity (Wildman–Crippen MR) is 118 cm³/mol. The Morgan fingerprint density at radius 2 is 1.75 bits per heavy atom. The average Bonchev–Trinajstić information content (AvgIpc) is 3.14. The van der Waals surface area contributed by atoms with Gasteiger partial charge in [0.05, 0.1) is 18.2 Å². The lowest BCUT2D eigenvalue weighted by molar-refractivity contribution is -0.142. The van der Waals surface area contributed by atoms with Gasteiger partial charge in [-0.15, -0.1) is 0 Å². The molecule has 172 valence electrons. The maximum atomic E-state index is 13.7. The van der Waals surface area contributed by atoms with Crippen molar-refractivity contribution in [3.8, 4) is 0 Å². The lowest BCUT2D eigenvalue weighted by Crippen LogP contribution is -2.49. The van der Waals surface area contributed by atoms with Crippen LogP contribution in [0.4, 0.5) is 5.69 Å². The number of ether oxygens (including phenoxy) is 1. The molecule has 32 heavy (non-hydrogen) atoms. The largest absolute Gasteiger partial charge is 0.376 e. The number of imide groups is 1. The van der Waals surface area contributed by atoms with Crippen molar-refractivity contribution in [2.75, 3.05) is 18.1 Å². The highest BCUT2D eigenvalue weighted by molar-refractivity contribution is 6.23. The Morgan fingerprint density at radius 1 is 1.12 bits per heavy atom. The van der Waals surface area contributed by atoms with E-state index < -0.39 is 17.9 Å². The second-order valence-electron chi connectivity index (χ2n) is 10.2. The second-order valence-corrected chi connectivity index (χ2v) is 10.2. The summed E-state index contributed by atoms with van der Waals surface area (Å²) in [6.45, 7) is 9.20. The molecule has 2 unspecified atom stereocenters. The van der Waals surface area contributed by atoms with Crippen LogP contribution >= 0.6 is 0 Å². The van der Waals surface area contributed by atoms with Gasteiger partial charge in [0, 0.05) is 24.6 Å². The molecule has 2 aliphatic heterocycles. The van der Waals surface area contributed by atoms with Gasteiger partial charge in [-0.1, -0.05) is 27.7 Å². The first kappa shape index (κ1) is 22.5. The van der Waals surface area contributed by atoms with Crippen LogP contribution in [-0.2, 0) is 19.1 Å². The molecule has 1 saturated carbocycles. The summed E-state index contributed by atoms with van der Waals surface area (Å²) in [5.41, 5.74) is 5.56. The minimum atomic E-state index is -0.859. The van der Waals surface area contributed by atoms with E-state index in [1.165, 1.54) is 24.3 Å². The molecule has 2 atom stereocenters. The molecule has 4 amide bonds. The van der Waals surface area contributed by atoms with Crippen molar-refractivity contribution in [1.82, 2.24) is 4.90 Å². The number of rotatable bonds is 6. The van der Waals surface area contributed by atoms with E-state index >= 15 is 0 Å². The van der Waals surface area contributed by atoms with E-state index in [1.807, 2.05) is 0 Å². The maximum absolute atomic E-state index is 13.7. The number of carbonyl (C=O) groups is 4. The van der Waals surface area contributed by atoms with Gasteiger partial charge in [-0.3, -0.25) is 19.2 Å². The van der Waals surface area contributed by atoms with Crippen LogP contribution in [0.15, 0.2) is 24.3 Å². The number of nitrogens with zero attached hydrogens (tertiary/aromatic N) is 2. The first-order valence-corrected chi connectivity index (χ1v) is 11.2. The molecule has 1 aromatic carbocycles. The molecule has 0 bridgehead atoms. The Kier molecular flexibility index (Phi) is 5.40. The Balaban J connectivity index is 1.61. The van der Waals surface area contributed by atoms with E-state index in [0.29, 0.717) is 18.8 Å². The van der Waals surface area contributed by atoms with Gasteiger partial charge in [0.1, 0.15) is 6.04 Å². The standard InChI is InChI=1S/C24H31N3O5/c1-23(2)19(24(23,3)4)22(31)26(13-16-6-5-11-32-16)17-12-18(28)27(21(17)30)15-9-7-14(8-10-15)20(25)29/h7-10,16-17,19H,5-6,11-13H2,1-4H3,(H2,25,29). The fourth-order valence-corrected chi connectivity index (χ4v) is 5.26. The van der Waals surface area contributed by atoms with Crippen LogP contribution in [0.2, 0.25) is 0 Å². The molecule has 2 heterocycles. The normalized spacial score (nSPS) is 26.4. The Hall–Kier alpha value is -2.74. The summed E-state index contributed by atoms with van der Waals surface area (Å²) in [7, 11) is 0. The highest BCUT2D eigenvalue weighted by Gasteiger charge is 2.69. The molecule has 1 aliphatic carbocycles. The number of hydrogen-bond donors (Lipinski definition) is 1. The molecule has 4 rings (SSSR count). The molecule has 0 aromatic heterocycles. The van der Waals surface area contributed by atoms with Gasteiger partial charge < -0.3 is 15.4 Å². The zero-order valence-electron chi connectivity index (χ0n) is 19.1. The number of nitrogens with two attached hydrogens (primary N) is 1. The SMILES string of the molecule is CC1(C)C(C(=O)N(CC2CCCO2)C2CC(=O)N(c3ccc(C(N)=O)cc3)C2=O)C1(C)C. The summed E-state index contributed by atoms with van der Waals surface area (Å²) < 4.78 is 5.76. The Labute approximate surface area is 188 Å². The van der Waals surface area contributed by atoms with Gasteiger partial charge >= 0.3 is 0 Å². The average molecular weight is 442 g/mol. The molecule has 1 aromatic rings. The van der Waals surface area contributed by atoms with Crippen molar-refractivity contribution in [2.45, 2.75) is 59.1 Å². The third-order valence-corrected chi connectivity index (χ3v) is 7.88. The van der Waals surface area contributed by atoms with E-state index in [-0.39, 0.29) is 46.7 Å². The summed E-state index contributed by atoms with van der Waals surface area (Å²) in [5.74, 6) is -1.69. The van der Waals surface area contributed by atoms with E-state index in [1.54, 1.807) is 4.90 Å². The Bertz CT molecular complexity index is 948. The van der Waals surface area contributed by atoms with Crippen LogP contribution in [0.1, 0.15) is 57.3 Å². The number of carbonyl (C=O) groups excluding carboxylic acids is 4. The predicted octanol–water partition coefficient (Wildman–Crippen LogP) is 2.11. The van der Waals surface area contributed by atoms with E-state index in [0.717, 1.165) is 17.7 Å². The van der Waals surface area contributed by atoms with Crippen LogP contribution in [0.25, 0.3) is 0 Å². The van der Waals surface area contributed by atoms with Gasteiger partial charge in [-0.25, -0.2) is 4.90 Å². The fraction of sp³-hybridized carbons (Fsp3) is 0.583. The second kappa shape index (κ2) is 7.69. The third kappa shape index (κ3) is 3.50. The van der Waals surface area contributed by atoms with Crippen LogP contribution in [0, 0.1) is 16.7 Å². The number of anilines is 1. The molecule has 8 nitrogen and oxygen atoms in total. The van der Waals surface area contributed by atoms with Crippen molar-refractivity contribution in [2.24, 2.45) is 22.5 Å². The van der Waals surface area contributed by atoms with E-state index in [2.05, 4.69) is 27.7 Å². The fourth-order valence-electron chi connectivity index (χ4n) is 5.26. The number of primary amides is 1. The molecule has 0 radical (unpaired) electrons. The van der Waals surface area contributed by atoms with Gasteiger partial charge in [0.2, 0.25) is 17.7 Å². The summed E-state index contributed by atoms with van der Waals surface area (Å²) in [4.78, 5) is 54.0. The molecular weight excluding hydrogens is 410 g/mol. The van der Waals surface area contributed by atoms with Crippen LogP contribution in [0.3, 0.4) is 0 Å². The highest BCUT2D eigenvalue weighted by atomic mass is 16.5. The van der Waals surface area contributed by atoms with Crippen molar-refractivity contribution in [3.63, 3.8) is 0 Å². The van der Waals surface area contributed by atoms with Crippen LogP contribution in [-0.4, -0.2) is 53.8 Å². The zero-order chi connectivity index (χ0) is 23.4. The lowest BCUT2D eigenvalue weighted by Gasteiger charge is -2.30. The van der Waals surface area contributed by atoms with Gasteiger partial charge in [0.15, 0.2) is 0 Å². The number of benzene rings is 1. The van der Waals surface area contributed by atoms with Crippen LogP contribution in [0.5, 0.6) is 0 Å². The van der Waals surface area contributed by atoms with Crippen molar-refractivity contribution < 1.29 is 23.9 Å². The van der Waals surface area contributed by atoms with Gasteiger partial charge in [0.25, 0.3) is 5.91 Å². The first-order valence-electron chi connectivity index (χ1n) is 11.2. The lowest BCUT2D eigenvalue weighted by atomic mass is 10.0.